The van der Waals surface area contributed by atoms with Crippen LogP contribution in [-0.2, 0) is 10.2 Å². The molecule has 2 rings (SSSR count). The summed E-state index contributed by atoms with van der Waals surface area (Å²) in [5.74, 6) is -0.132. The molecule has 3 nitrogen and oxygen atoms in total. The summed E-state index contributed by atoms with van der Waals surface area (Å²) in [4.78, 5) is 14.0. The van der Waals surface area contributed by atoms with Gasteiger partial charge in [-0.25, -0.2) is 0 Å². The average molecular weight is 322 g/mol. The third-order valence-electron chi connectivity index (χ3n) is 3.86. The van der Waals surface area contributed by atoms with Crippen molar-refractivity contribution < 1.29 is 4.79 Å². The largest absolute Gasteiger partial charge is 0.378 e. The van der Waals surface area contributed by atoms with Crippen molar-refractivity contribution >= 4 is 23.4 Å². The molecule has 0 aliphatic rings. The first-order valence-corrected chi connectivity index (χ1v) is 8.13. The molecular weight excluding hydrogens is 296 g/mol. The molecule has 24 heavy (non-hydrogen) atoms. The summed E-state index contributed by atoms with van der Waals surface area (Å²) in [6.07, 6.45) is 3.39. The molecule has 0 unspecified atom stereocenters. The summed E-state index contributed by atoms with van der Waals surface area (Å²) in [5.41, 5.74) is 4.32. The van der Waals surface area contributed by atoms with Gasteiger partial charge in [0.15, 0.2) is 0 Å². The number of nitrogens with one attached hydrogen (secondary N) is 1. The Labute approximate surface area is 145 Å². The molecule has 0 saturated heterocycles. The van der Waals surface area contributed by atoms with Crippen LogP contribution >= 0.6 is 0 Å². The maximum absolute atomic E-state index is 12.0. The summed E-state index contributed by atoms with van der Waals surface area (Å²) < 4.78 is 0. The van der Waals surface area contributed by atoms with Gasteiger partial charge in [-0.15, -0.1) is 0 Å². The minimum Gasteiger partial charge on any atom is -0.378 e. The van der Waals surface area contributed by atoms with Crippen LogP contribution in [0.2, 0.25) is 0 Å². The Kier molecular flexibility index (Phi) is 5.45. The van der Waals surface area contributed by atoms with Gasteiger partial charge in [0.2, 0.25) is 5.91 Å². The van der Waals surface area contributed by atoms with Crippen LogP contribution < -0.4 is 10.2 Å². The van der Waals surface area contributed by atoms with Crippen molar-refractivity contribution in [2.75, 3.05) is 24.3 Å². The molecule has 0 aromatic heterocycles. The lowest BCUT2D eigenvalue weighted by Crippen LogP contribution is -2.10. The quantitative estimate of drug-likeness (QED) is 0.827. The van der Waals surface area contributed by atoms with Crippen molar-refractivity contribution in [3.8, 4) is 0 Å². The molecule has 1 N–H and O–H groups in total. The van der Waals surface area contributed by atoms with Gasteiger partial charge in [0.1, 0.15) is 0 Å². The summed E-state index contributed by atoms with van der Waals surface area (Å²) in [6, 6.07) is 16.1. The number of nitrogens with zero attached hydrogens (tertiary/aromatic N) is 1. The third-order valence-corrected chi connectivity index (χ3v) is 3.86. The van der Waals surface area contributed by atoms with Crippen LogP contribution in [0.3, 0.4) is 0 Å². The third kappa shape index (κ3) is 4.98. The maximum atomic E-state index is 12.0. The fourth-order valence-corrected chi connectivity index (χ4v) is 2.29. The summed E-state index contributed by atoms with van der Waals surface area (Å²) >= 11 is 0. The molecule has 0 aliphatic heterocycles. The van der Waals surface area contributed by atoms with Gasteiger partial charge < -0.3 is 10.2 Å². The predicted octanol–water partition coefficient (Wildman–Crippen LogP) is 4.70. The normalized spacial score (nSPS) is 11.5. The van der Waals surface area contributed by atoms with E-state index in [-0.39, 0.29) is 11.3 Å². The molecule has 3 heteroatoms. The van der Waals surface area contributed by atoms with Crippen LogP contribution in [-0.4, -0.2) is 20.0 Å². The number of hydrogen-bond donors (Lipinski definition) is 1. The van der Waals surface area contributed by atoms with Gasteiger partial charge in [-0.3, -0.25) is 4.79 Å². The molecule has 0 saturated carbocycles. The van der Waals surface area contributed by atoms with Crippen LogP contribution in [0.4, 0.5) is 11.4 Å². The van der Waals surface area contributed by atoms with Crippen LogP contribution in [0.25, 0.3) is 6.08 Å². The minimum atomic E-state index is -0.132. The number of hydrogen-bond acceptors (Lipinski definition) is 2. The monoisotopic (exact) mass is 322 g/mol. The lowest BCUT2D eigenvalue weighted by Gasteiger charge is -2.18. The second-order valence-corrected chi connectivity index (χ2v) is 7.14. The van der Waals surface area contributed by atoms with Gasteiger partial charge in [-0.1, -0.05) is 45.0 Å². The second-order valence-electron chi connectivity index (χ2n) is 7.14. The molecule has 126 valence electrons. The van der Waals surface area contributed by atoms with Crippen LogP contribution in [0.5, 0.6) is 0 Å². The Bertz CT molecular complexity index is 705. The maximum Gasteiger partial charge on any atom is 0.248 e. The summed E-state index contributed by atoms with van der Waals surface area (Å²) in [7, 11) is 3.97. The van der Waals surface area contributed by atoms with Crippen molar-refractivity contribution in [1.82, 2.24) is 0 Å². The van der Waals surface area contributed by atoms with E-state index in [1.165, 1.54) is 5.56 Å². The zero-order valence-corrected chi connectivity index (χ0v) is 15.1. The fraction of sp³-hybridized carbons (Fsp3) is 0.286. The lowest BCUT2D eigenvalue weighted by atomic mass is 9.87. The SMILES string of the molecule is CN(C)c1ccc(NC(=O)/C=C/c2ccc(C(C)(C)C)cc2)cc1. The lowest BCUT2D eigenvalue weighted by molar-refractivity contribution is -0.111. The summed E-state index contributed by atoms with van der Waals surface area (Å²) in [5, 5.41) is 2.87. The molecular formula is C21H26N2O. The molecule has 0 heterocycles. The van der Waals surface area contributed by atoms with E-state index in [4.69, 9.17) is 0 Å². The van der Waals surface area contributed by atoms with Gasteiger partial charge >= 0.3 is 0 Å². The highest BCUT2D eigenvalue weighted by Crippen LogP contribution is 2.22. The van der Waals surface area contributed by atoms with Crippen molar-refractivity contribution in [1.29, 1.82) is 0 Å². The standard InChI is InChI=1S/C21H26N2O/c1-21(2,3)17-9-6-16(7-10-17)8-15-20(24)22-18-11-13-19(14-12-18)23(4)5/h6-15H,1-5H3,(H,22,24)/b15-8+. The number of rotatable bonds is 4. The smallest absolute Gasteiger partial charge is 0.248 e. The Morgan fingerprint density at radius 1 is 0.958 bits per heavy atom. The van der Waals surface area contributed by atoms with Gasteiger partial charge in [0.05, 0.1) is 0 Å². The molecule has 0 aliphatic carbocycles. The van der Waals surface area contributed by atoms with Crippen molar-refractivity contribution in [3.63, 3.8) is 0 Å². The van der Waals surface area contributed by atoms with Gasteiger partial charge in [0.25, 0.3) is 0 Å². The molecule has 0 radical (unpaired) electrons. The Morgan fingerprint density at radius 2 is 1.54 bits per heavy atom. The second kappa shape index (κ2) is 7.35. The predicted molar refractivity (Wildman–Crippen MR) is 104 cm³/mol. The van der Waals surface area contributed by atoms with Crippen molar-refractivity contribution in [2.24, 2.45) is 0 Å². The van der Waals surface area contributed by atoms with E-state index < -0.39 is 0 Å². The Balaban J connectivity index is 1.97. The molecule has 1 amide bonds. The molecule has 0 spiro atoms. The first kappa shape index (κ1) is 17.8. The molecule has 2 aromatic carbocycles. The Hall–Kier alpha value is -2.55. The molecule has 0 fully saturated rings. The minimum absolute atomic E-state index is 0.132. The van der Waals surface area contributed by atoms with E-state index in [9.17, 15) is 4.79 Å². The van der Waals surface area contributed by atoms with Gasteiger partial charge in [0, 0.05) is 31.5 Å². The van der Waals surface area contributed by atoms with E-state index in [0.717, 1.165) is 16.9 Å². The average Bonchev–Trinajstić information content (AvgIpc) is 2.53. The number of anilines is 2. The Morgan fingerprint density at radius 3 is 2.04 bits per heavy atom. The van der Waals surface area contributed by atoms with E-state index in [2.05, 4.69) is 38.2 Å². The number of benzene rings is 2. The topological polar surface area (TPSA) is 32.3 Å². The zero-order chi connectivity index (χ0) is 17.7. The number of carbonyl (C=O) groups is 1. The molecule has 2 aromatic rings. The highest BCUT2D eigenvalue weighted by molar-refractivity contribution is 6.02. The summed E-state index contributed by atoms with van der Waals surface area (Å²) in [6.45, 7) is 6.56. The highest BCUT2D eigenvalue weighted by atomic mass is 16.1. The van der Waals surface area contributed by atoms with Gasteiger partial charge in [-0.05, 0) is 46.9 Å². The van der Waals surface area contributed by atoms with Gasteiger partial charge in [-0.2, -0.15) is 0 Å². The van der Waals surface area contributed by atoms with Crippen LogP contribution in [0.1, 0.15) is 31.9 Å². The van der Waals surface area contributed by atoms with Crippen LogP contribution in [0.15, 0.2) is 54.6 Å². The molecule has 0 bridgehead atoms. The van der Waals surface area contributed by atoms with Crippen LogP contribution in [0, 0.1) is 0 Å². The van der Waals surface area contributed by atoms with E-state index in [1.54, 1.807) is 6.08 Å². The van der Waals surface area contributed by atoms with E-state index in [1.807, 2.05) is 61.5 Å². The van der Waals surface area contributed by atoms with E-state index in [0.29, 0.717) is 0 Å². The van der Waals surface area contributed by atoms with E-state index >= 15 is 0 Å². The zero-order valence-electron chi connectivity index (χ0n) is 15.1. The number of amides is 1. The van der Waals surface area contributed by atoms with Crippen molar-refractivity contribution in [3.05, 3.63) is 65.7 Å². The highest BCUT2D eigenvalue weighted by Gasteiger charge is 2.12. The first-order chi connectivity index (χ1) is 11.3. The number of carbonyl (C=O) groups excluding carboxylic acids is 1. The fourth-order valence-electron chi connectivity index (χ4n) is 2.29. The van der Waals surface area contributed by atoms with Crippen molar-refractivity contribution in [2.45, 2.75) is 26.2 Å². The first-order valence-electron chi connectivity index (χ1n) is 8.13. The molecule has 0 atom stereocenters.